The molecule has 0 saturated heterocycles. The summed E-state index contributed by atoms with van der Waals surface area (Å²) in [6.45, 7) is 12.8. The third-order valence-electron chi connectivity index (χ3n) is 4.23. The minimum Gasteiger partial charge on any atom is -0.295 e. The molecule has 0 radical (unpaired) electrons. The number of hydrogen-bond acceptors (Lipinski definition) is 1. The average Bonchev–Trinajstić information content (AvgIpc) is 2.24. The van der Waals surface area contributed by atoms with Crippen LogP contribution in [-0.4, -0.2) is 5.78 Å². The van der Waals surface area contributed by atoms with Crippen molar-refractivity contribution in [2.24, 2.45) is 17.3 Å². The maximum atomic E-state index is 11.3. The van der Waals surface area contributed by atoms with Gasteiger partial charge in [-0.3, -0.25) is 4.79 Å². The molecule has 0 aromatic rings. The summed E-state index contributed by atoms with van der Waals surface area (Å²) in [7, 11) is 0. The van der Waals surface area contributed by atoms with E-state index < -0.39 is 0 Å². The van der Waals surface area contributed by atoms with E-state index in [2.05, 4.69) is 40.3 Å². The third-order valence-corrected chi connectivity index (χ3v) is 4.23. The molecule has 1 aliphatic rings. The smallest absolute Gasteiger partial charge is 0.155 e. The van der Waals surface area contributed by atoms with Crippen LogP contribution in [0, 0.1) is 17.3 Å². The van der Waals surface area contributed by atoms with Crippen molar-refractivity contribution in [1.82, 2.24) is 0 Å². The van der Waals surface area contributed by atoms with Crippen LogP contribution in [0.4, 0.5) is 0 Å². The van der Waals surface area contributed by atoms with Crippen molar-refractivity contribution in [2.45, 2.75) is 53.4 Å². The second-order valence-corrected chi connectivity index (χ2v) is 6.14. The molecule has 0 aliphatic heterocycles. The van der Waals surface area contributed by atoms with Gasteiger partial charge in [0.05, 0.1) is 0 Å². The lowest BCUT2D eigenvalue weighted by Gasteiger charge is -2.42. The minimum atomic E-state index is 0.173. The van der Waals surface area contributed by atoms with Gasteiger partial charge in [-0.2, -0.15) is 0 Å². The molecular weight excluding hydrogens is 208 g/mol. The predicted molar refractivity (Wildman–Crippen MR) is 73.9 cm³/mol. The second-order valence-electron chi connectivity index (χ2n) is 6.14. The number of hydrogen-bond donors (Lipinski definition) is 0. The number of rotatable bonds is 5. The Balaban J connectivity index is 2.68. The largest absolute Gasteiger partial charge is 0.295 e. The average molecular weight is 234 g/mol. The fraction of sp³-hybridized carbons (Fsp3) is 0.688. The van der Waals surface area contributed by atoms with Gasteiger partial charge in [-0.25, -0.2) is 0 Å². The van der Waals surface area contributed by atoms with Gasteiger partial charge in [0.1, 0.15) is 0 Å². The molecule has 0 aromatic heterocycles. The van der Waals surface area contributed by atoms with Crippen LogP contribution < -0.4 is 0 Å². The van der Waals surface area contributed by atoms with Crippen LogP contribution in [-0.2, 0) is 4.79 Å². The molecule has 96 valence electrons. The van der Waals surface area contributed by atoms with E-state index in [0.29, 0.717) is 23.7 Å². The Hall–Kier alpha value is -0.850. The summed E-state index contributed by atoms with van der Waals surface area (Å²) in [5, 5.41) is 0. The van der Waals surface area contributed by atoms with Crippen LogP contribution in [0.1, 0.15) is 53.4 Å². The van der Waals surface area contributed by atoms with Crippen molar-refractivity contribution in [3.8, 4) is 0 Å². The highest BCUT2D eigenvalue weighted by molar-refractivity contribution is 5.88. The predicted octanol–water partition coefficient (Wildman–Crippen LogP) is 4.54. The monoisotopic (exact) mass is 234 g/mol. The van der Waals surface area contributed by atoms with Crippen LogP contribution in [0.15, 0.2) is 24.3 Å². The van der Waals surface area contributed by atoms with Gasteiger partial charge in [0.2, 0.25) is 0 Å². The first-order valence-electron chi connectivity index (χ1n) is 6.70. The molecule has 2 atom stereocenters. The van der Waals surface area contributed by atoms with Gasteiger partial charge in [0.25, 0.3) is 0 Å². The van der Waals surface area contributed by atoms with E-state index in [-0.39, 0.29) is 5.78 Å². The molecule has 1 rings (SSSR count). The van der Waals surface area contributed by atoms with Gasteiger partial charge in [-0.05, 0) is 49.5 Å². The molecule has 0 bridgehead atoms. The van der Waals surface area contributed by atoms with E-state index in [1.807, 2.05) is 0 Å². The summed E-state index contributed by atoms with van der Waals surface area (Å²) in [4.78, 5) is 11.3. The van der Waals surface area contributed by atoms with Crippen LogP contribution in [0.25, 0.3) is 0 Å². The van der Waals surface area contributed by atoms with E-state index in [9.17, 15) is 4.79 Å². The van der Waals surface area contributed by atoms with Gasteiger partial charge < -0.3 is 0 Å². The van der Waals surface area contributed by atoms with Crippen LogP contribution >= 0.6 is 0 Å². The third kappa shape index (κ3) is 3.55. The lowest BCUT2D eigenvalue weighted by Crippen LogP contribution is -2.33. The molecule has 2 unspecified atom stereocenters. The topological polar surface area (TPSA) is 17.1 Å². The summed E-state index contributed by atoms with van der Waals surface area (Å²) >= 11 is 0. The molecule has 0 amide bonds. The highest BCUT2D eigenvalue weighted by Gasteiger charge is 2.36. The molecule has 0 saturated carbocycles. The van der Waals surface area contributed by atoms with E-state index in [1.165, 1.54) is 24.5 Å². The molecule has 1 nitrogen and oxygen atoms in total. The Morgan fingerprint density at radius 3 is 2.82 bits per heavy atom. The maximum absolute atomic E-state index is 11.3. The first kappa shape index (κ1) is 14.2. The zero-order chi connectivity index (χ0) is 13.1. The number of carbonyl (C=O) groups excluding carboxylic acids is 1. The highest BCUT2D eigenvalue weighted by Crippen LogP contribution is 2.45. The molecule has 17 heavy (non-hydrogen) atoms. The van der Waals surface area contributed by atoms with Crippen LogP contribution in [0.5, 0.6) is 0 Å². The summed E-state index contributed by atoms with van der Waals surface area (Å²) in [5.74, 6) is 1.37. The summed E-state index contributed by atoms with van der Waals surface area (Å²) in [5.41, 5.74) is 1.88. The Bertz CT molecular complexity index is 322. The lowest BCUT2D eigenvalue weighted by molar-refractivity contribution is -0.115. The van der Waals surface area contributed by atoms with Gasteiger partial charge in [0.15, 0.2) is 5.78 Å². The van der Waals surface area contributed by atoms with Gasteiger partial charge in [0, 0.05) is 6.42 Å². The number of ketones is 1. The zero-order valence-corrected chi connectivity index (χ0v) is 11.8. The van der Waals surface area contributed by atoms with E-state index in [0.717, 1.165) is 6.42 Å². The second kappa shape index (κ2) is 5.66. The first-order valence-corrected chi connectivity index (χ1v) is 6.70. The van der Waals surface area contributed by atoms with Crippen LogP contribution in [0.2, 0.25) is 0 Å². The molecule has 0 spiro atoms. The van der Waals surface area contributed by atoms with Crippen molar-refractivity contribution >= 4 is 5.78 Å². The SMILES string of the molecule is C=CC(=O)CCC(C)C1C(C)=CCCC1(C)C. The lowest BCUT2D eigenvalue weighted by atomic mass is 9.63. The first-order chi connectivity index (χ1) is 7.88. The van der Waals surface area contributed by atoms with E-state index >= 15 is 0 Å². The van der Waals surface area contributed by atoms with Crippen molar-refractivity contribution in [2.75, 3.05) is 0 Å². The van der Waals surface area contributed by atoms with Crippen molar-refractivity contribution < 1.29 is 4.79 Å². The fourth-order valence-corrected chi connectivity index (χ4v) is 3.43. The zero-order valence-electron chi connectivity index (χ0n) is 11.8. The number of carbonyl (C=O) groups is 1. The molecule has 1 aliphatic carbocycles. The van der Waals surface area contributed by atoms with Gasteiger partial charge >= 0.3 is 0 Å². The molecule has 0 N–H and O–H groups in total. The fourth-order valence-electron chi connectivity index (χ4n) is 3.43. The van der Waals surface area contributed by atoms with E-state index in [4.69, 9.17) is 0 Å². The normalized spacial score (nSPS) is 24.9. The number of allylic oxidation sites excluding steroid dienone is 3. The molecule has 0 aromatic carbocycles. The van der Waals surface area contributed by atoms with Gasteiger partial charge in [-0.1, -0.05) is 39.0 Å². The van der Waals surface area contributed by atoms with Crippen molar-refractivity contribution in [3.05, 3.63) is 24.3 Å². The molecule has 1 heteroatoms. The van der Waals surface area contributed by atoms with E-state index in [1.54, 1.807) is 0 Å². The Morgan fingerprint density at radius 1 is 1.65 bits per heavy atom. The van der Waals surface area contributed by atoms with Crippen molar-refractivity contribution in [1.29, 1.82) is 0 Å². The van der Waals surface area contributed by atoms with Gasteiger partial charge in [-0.15, -0.1) is 0 Å². The highest BCUT2D eigenvalue weighted by atomic mass is 16.1. The standard InChI is InChI=1S/C16H26O/c1-6-14(17)10-9-13(3)15-12(2)8-7-11-16(15,4)5/h6,8,13,15H,1,7,9-11H2,2-5H3. The Labute approximate surface area is 106 Å². The Kier molecular flexibility index (Phi) is 4.73. The van der Waals surface area contributed by atoms with Crippen LogP contribution in [0.3, 0.4) is 0 Å². The van der Waals surface area contributed by atoms with Crippen molar-refractivity contribution in [3.63, 3.8) is 0 Å². The summed E-state index contributed by atoms with van der Waals surface area (Å²) < 4.78 is 0. The Morgan fingerprint density at radius 2 is 2.29 bits per heavy atom. The molecular formula is C16H26O. The quantitative estimate of drug-likeness (QED) is 0.504. The molecule has 0 heterocycles. The summed E-state index contributed by atoms with van der Waals surface area (Å²) in [6.07, 6.45) is 7.90. The minimum absolute atomic E-state index is 0.173. The summed E-state index contributed by atoms with van der Waals surface area (Å²) in [6, 6.07) is 0. The molecule has 0 fully saturated rings. The maximum Gasteiger partial charge on any atom is 0.155 e.